The smallest absolute Gasteiger partial charge is 0.441 e. The average molecular weight is 245 g/mol. The van der Waals surface area contributed by atoms with Gasteiger partial charge in [0.05, 0.1) is 12.0 Å². The molecular formula is C11H19NO5. The second kappa shape index (κ2) is 5.35. The van der Waals surface area contributed by atoms with E-state index in [0.29, 0.717) is 19.3 Å². The molecule has 0 aliphatic heterocycles. The van der Waals surface area contributed by atoms with E-state index in [2.05, 4.69) is 4.84 Å². The third-order valence-electron chi connectivity index (χ3n) is 2.37. The van der Waals surface area contributed by atoms with E-state index in [4.69, 9.17) is 4.74 Å². The van der Waals surface area contributed by atoms with E-state index < -0.39 is 23.8 Å². The van der Waals surface area contributed by atoms with Gasteiger partial charge in [-0.25, -0.2) is 9.59 Å². The lowest BCUT2D eigenvalue weighted by molar-refractivity contribution is -0.155. The van der Waals surface area contributed by atoms with Crippen LogP contribution in [0.1, 0.15) is 40.0 Å². The molecule has 1 amide bonds. The summed E-state index contributed by atoms with van der Waals surface area (Å²) in [6.45, 7) is 5.13. The van der Waals surface area contributed by atoms with Gasteiger partial charge in [0, 0.05) is 0 Å². The highest BCUT2D eigenvalue weighted by Crippen LogP contribution is 2.26. The van der Waals surface area contributed by atoms with Crippen LogP contribution in [-0.4, -0.2) is 28.9 Å². The summed E-state index contributed by atoms with van der Waals surface area (Å²) in [6, 6.07) is 0. The summed E-state index contributed by atoms with van der Waals surface area (Å²) >= 11 is 0. The Balaban J connectivity index is 2.26. The van der Waals surface area contributed by atoms with Crippen LogP contribution >= 0.6 is 0 Å². The first kappa shape index (κ1) is 13.8. The zero-order valence-corrected chi connectivity index (χ0v) is 10.4. The van der Waals surface area contributed by atoms with Crippen molar-refractivity contribution >= 4 is 12.1 Å². The first-order valence-electron chi connectivity index (χ1n) is 5.65. The van der Waals surface area contributed by atoms with Crippen LogP contribution in [-0.2, 0) is 14.4 Å². The van der Waals surface area contributed by atoms with E-state index in [-0.39, 0.29) is 5.92 Å². The number of carbonyl (C=O) groups is 2. The Morgan fingerprint density at radius 3 is 2.41 bits per heavy atom. The van der Waals surface area contributed by atoms with Crippen LogP contribution in [0.25, 0.3) is 0 Å². The highest BCUT2D eigenvalue weighted by molar-refractivity contribution is 5.75. The topological polar surface area (TPSA) is 84.9 Å². The van der Waals surface area contributed by atoms with E-state index in [9.17, 15) is 14.7 Å². The van der Waals surface area contributed by atoms with Crippen molar-refractivity contribution in [3.63, 3.8) is 0 Å². The first-order chi connectivity index (χ1) is 7.78. The fourth-order valence-electron chi connectivity index (χ4n) is 1.65. The molecular weight excluding hydrogens is 226 g/mol. The molecule has 2 N–H and O–H groups in total. The van der Waals surface area contributed by atoms with Crippen LogP contribution in [0.15, 0.2) is 0 Å². The molecule has 1 aliphatic rings. The fraction of sp³-hybridized carbons (Fsp3) is 0.818. The van der Waals surface area contributed by atoms with Crippen molar-refractivity contribution in [1.29, 1.82) is 0 Å². The maximum atomic E-state index is 11.5. The third kappa shape index (κ3) is 5.04. The lowest BCUT2D eigenvalue weighted by atomic mass is 10.1. The zero-order valence-electron chi connectivity index (χ0n) is 10.4. The molecule has 0 heterocycles. The summed E-state index contributed by atoms with van der Waals surface area (Å²) in [5.74, 6) is -0.882. The minimum Gasteiger partial charge on any atom is -0.442 e. The molecule has 6 nitrogen and oxygen atoms in total. The molecule has 0 aromatic rings. The molecule has 1 fully saturated rings. The Hall–Kier alpha value is -1.30. The van der Waals surface area contributed by atoms with E-state index in [1.807, 2.05) is 5.48 Å². The summed E-state index contributed by atoms with van der Waals surface area (Å²) in [6.07, 6.45) is 0.301. The second-order valence-corrected chi connectivity index (χ2v) is 5.19. The Labute approximate surface area is 100 Å². The van der Waals surface area contributed by atoms with Gasteiger partial charge in [-0.2, -0.15) is 0 Å². The maximum absolute atomic E-state index is 11.5. The van der Waals surface area contributed by atoms with Crippen molar-refractivity contribution in [3.8, 4) is 0 Å². The van der Waals surface area contributed by atoms with Crippen molar-refractivity contribution in [2.45, 2.75) is 51.7 Å². The van der Waals surface area contributed by atoms with Gasteiger partial charge in [-0.3, -0.25) is 0 Å². The first-order valence-corrected chi connectivity index (χ1v) is 5.65. The third-order valence-corrected chi connectivity index (χ3v) is 2.37. The quantitative estimate of drug-likeness (QED) is 0.676. The molecule has 1 saturated carbocycles. The van der Waals surface area contributed by atoms with Crippen LogP contribution in [0.2, 0.25) is 0 Å². The average Bonchev–Trinajstić information content (AvgIpc) is 2.58. The zero-order chi connectivity index (χ0) is 13.1. The van der Waals surface area contributed by atoms with Crippen molar-refractivity contribution in [1.82, 2.24) is 5.48 Å². The minimum absolute atomic E-state index is 0.347. The van der Waals surface area contributed by atoms with Crippen molar-refractivity contribution < 1.29 is 24.3 Å². The molecule has 0 bridgehead atoms. The molecule has 6 heteroatoms. The number of hydroxylamine groups is 1. The number of hydrogen-bond donors (Lipinski definition) is 2. The molecule has 0 radical (unpaired) electrons. The van der Waals surface area contributed by atoms with Gasteiger partial charge in [-0.15, -0.1) is 5.48 Å². The van der Waals surface area contributed by atoms with Crippen molar-refractivity contribution in [2.24, 2.45) is 5.92 Å². The lowest BCUT2D eigenvalue weighted by Crippen LogP contribution is -2.35. The van der Waals surface area contributed by atoms with Crippen LogP contribution < -0.4 is 5.48 Å². The van der Waals surface area contributed by atoms with E-state index in [1.54, 1.807) is 20.8 Å². The van der Waals surface area contributed by atoms with E-state index >= 15 is 0 Å². The SMILES string of the molecule is CC(C)(C)OC(=O)NOC(=O)C1CCC(O)C1. The van der Waals surface area contributed by atoms with Crippen LogP contribution in [0, 0.1) is 5.92 Å². The van der Waals surface area contributed by atoms with Gasteiger partial charge in [0.15, 0.2) is 0 Å². The normalized spacial score (nSPS) is 24.2. The monoisotopic (exact) mass is 245 g/mol. The van der Waals surface area contributed by atoms with Gasteiger partial charge in [-0.1, -0.05) is 0 Å². The Bertz CT molecular complexity index is 297. The van der Waals surface area contributed by atoms with E-state index in [0.717, 1.165) is 0 Å². The summed E-state index contributed by atoms with van der Waals surface area (Å²) in [5.41, 5.74) is 1.30. The molecule has 2 unspecified atom stereocenters. The summed E-state index contributed by atoms with van der Waals surface area (Å²) in [7, 11) is 0. The summed E-state index contributed by atoms with van der Waals surface area (Å²) in [5, 5.41) is 9.26. The second-order valence-electron chi connectivity index (χ2n) is 5.19. The number of aliphatic hydroxyl groups is 1. The van der Waals surface area contributed by atoms with Crippen LogP contribution in [0.3, 0.4) is 0 Å². The molecule has 1 aliphatic carbocycles. The molecule has 0 spiro atoms. The van der Waals surface area contributed by atoms with Crippen LogP contribution in [0.5, 0.6) is 0 Å². The standard InChI is InChI=1S/C11H19NO5/c1-11(2,3)16-10(15)12-17-9(14)7-4-5-8(13)6-7/h7-8,13H,4-6H2,1-3H3,(H,12,15). The minimum atomic E-state index is -0.801. The van der Waals surface area contributed by atoms with Crippen LogP contribution in [0.4, 0.5) is 4.79 Å². The molecule has 98 valence electrons. The summed E-state index contributed by atoms with van der Waals surface area (Å²) in [4.78, 5) is 27.2. The lowest BCUT2D eigenvalue weighted by Gasteiger charge is -2.19. The van der Waals surface area contributed by atoms with Gasteiger partial charge in [-0.05, 0) is 40.0 Å². The van der Waals surface area contributed by atoms with Gasteiger partial charge in [0.2, 0.25) is 0 Å². The molecule has 0 aromatic carbocycles. The number of amides is 1. The van der Waals surface area contributed by atoms with Gasteiger partial charge < -0.3 is 14.7 Å². The van der Waals surface area contributed by atoms with Crippen molar-refractivity contribution in [2.75, 3.05) is 0 Å². The Morgan fingerprint density at radius 2 is 1.94 bits per heavy atom. The number of carbonyl (C=O) groups excluding carboxylic acids is 2. The fourth-order valence-corrected chi connectivity index (χ4v) is 1.65. The molecule has 0 aromatic heterocycles. The van der Waals surface area contributed by atoms with Gasteiger partial charge in [0.25, 0.3) is 0 Å². The molecule has 1 rings (SSSR count). The predicted molar refractivity (Wildman–Crippen MR) is 58.8 cm³/mol. The number of aliphatic hydroxyl groups excluding tert-OH is 1. The predicted octanol–water partition coefficient (Wildman–Crippen LogP) is 1.13. The number of hydrogen-bond acceptors (Lipinski definition) is 5. The van der Waals surface area contributed by atoms with Gasteiger partial charge >= 0.3 is 12.1 Å². The number of nitrogens with one attached hydrogen (secondary N) is 1. The largest absolute Gasteiger partial charge is 0.442 e. The van der Waals surface area contributed by atoms with E-state index in [1.165, 1.54) is 0 Å². The molecule has 0 saturated heterocycles. The molecule has 2 atom stereocenters. The maximum Gasteiger partial charge on any atom is 0.441 e. The number of ether oxygens (including phenoxy) is 1. The Kier molecular flexibility index (Phi) is 4.34. The Morgan fingerprint density at radius 1 is 1.29 bits per heavy atom. The summed E-state index contributed by atoms with van der Waals surface area (Å²) < 4.78 is 4.90. The van der Waals surface area contributed by atoms with Gasteiger partial charge in [0.1, 0.15) is 5.60 Å². The van der Waals surface area contributed by atoms with Crippen molar-refractivity contribution in [3.05, 3.63) is 0 Å². The highest BCUT2D eigenvalue weighted by atomic mass is 16.7. The number of rotatable bonds is 1. The highest BCUT2D eigenvalue weighted by Gasteiger charge is 2.30. The molecule has 17 heavy (non-hydrogen) atoms.